The average Bonchev–Trinajstić information content (AvgIpc) is 2.93. The molecule has 1 amide bonds. The van der Waals surface area contributed by atoms with Gasteiger partial charge in [-0.3, -0.25) is 4.79 Å². The molecule has 5 heteroatoms. The van der Waals surface area contributed by atoms with Crippen molar-refractivity contribution in [1.82, 2.24) is 5.32 Å². The van der Waals surface area contributed by atoms with Crippen molar-refractivity contribution in [3.8, 4) is 0 Å². The maximum Gasteiger partial charge on any atom is 0.220 e. The molecule has 122 valence electrons. The number of nitrogens with two attached hydrogens (primary N) is 1. The highest BCUT2D eigenvalue weighted by molar-refractivity contribution is 5.84. The molecule has 1 aliphatic carbocycles. The maximum atomic E-state index is 11.9. The van der Waals surface area contributed by atoms with Gasteiger partial charge in [-0.1, -0.05) is 57.0 Å². The van der Waals surface area contributed by atoms with Gasteiger partial charge in [0.05, 0.1) is 0 Å². The van der Waals surface area contributed by atoms with Gasteiger partial charge in [0.2, 0.25) is 5.91 Å². The summed E-state index contributed by atoms with van der Waals surface area (Å²) >= 11 is 0. The van der Waals surface area contributed by atoms with E-state index in [2.05, 4.69) is 17.4 Å². The van der Waals surface area contributed by atoms with Gasteiger partial charge in [0, 0.05) is 18.4 Å². The molecule has 1 rings (SSSR count). The first-order valence-corrected chi connectivity index (χ1v) is 8.45. The van der Waals surface area contributed by atoms with Gasteiger partial charge in [-0.05, 0) is 19.3 Å². The SMILES string of the molecule is CCCCCCCCCC(=O)NC1CCCC1C(N)=NO. The van der Waals surface area contributed by atoms with Gasteiger partial charge in [0.25, 0.3) is 0 Å². The van der Waals surface area contributed by atoms with E-state index in [9.17, 15) is 4.79 Å². The monoisotopic (exact) mass is 297 g/mol. The molecule has 0 aromatic rings. The van der Waals surface area contributed by atoms with E-state index in [0.717, 1.165) is 32.1 Å². The number of nitrogens with one attached hydrogen (secondary N) is 1. The zero-order valence-electron chi connectivity index (χ0n) is 13.3. The van der Waals surface area contributed by atoms with Crippen LogP contribution in [0.4, 0.5) is 0 Å². The second kappa shape index (κ2) is 10.5. The standard InChI is InChI=1S/C16H31N3O2/c1-2-3-4-5-6-7-8-12-15(20)18-14-11-9-10-13(14)16(17)19-21/h13-14,21H,2-12H2,1H3,(H2,17,19)(H,18,20). The molecule has 1 aliphatic rings. The predicted molar refractivity (Wildman–Crippen MR) is 85.3 cm³/mol. The molecule has 21 heavy (non-hydrogen) atoms. The zero-order valence-corrected chi connectivity index (χ0v) is 13.3. The molecule has 0 aromatic heterocycles. The predicted octanol–water partition coefficient (Wildman–Crippen LogP) is 3.16. The highest BCUT2D eigenvalue weighted by atomic mass is 16.4. The molecule has 0 spiro atoms. The summed E-state index contributed by atoms with van der Waals surface area (Å²) in [7, 11) is 0. The van der Waals surface area contributed by atoms with Crippen molar-refractivity contribution in [2.75, 3.05) is 0 Å². The minimum Gasteiger partial charge on any atom is -0.409 e. The Morgan fingerprint density at radius 3 is 2.52 bits per heavy atom. The molecule has 4 N–H and O–H groups in total. The molecule has 0 aliphatic heterocycles. The second-order valence-electron chi connectivity index (χ2n) is 6.11. The Morgan fingerprint density at radius 1 is 1.19 bits per heavy atom. The van der Waals surface area contributed by atoms with Gasteiger partial charge in [-0.25, -0.2) is 0 Å². The first kappa shape index (κ1) is 17.8. The van der Waals surface area contributed by atoms with Crippen molar-refractivity contribution in [3.05, 3.63) is 0 Å². The van der Waals surface area contributed by atoms with E-state index in [1.165, 1.54) is 32.1 Å². The highest BCUT2D eigenvalue weighted by Gasteiger charge is 2.31. The van der Waals surface area contributed by atoms with Gasteiger partial charge >= 0.3 is 0 Å². The first-order valence-electron chi connectivity index (χ1n) is 8.45. The topological polar surface area (TPSA) is 87.7 Å². The Labute approximate surface area is 128 Å². The number of oxime groups is 1. The fraction of sp³-hybridized carbons (Fsp3) is 0.875. The lowest BCUT2D eigenvalue weighted by atomic mass is 10.0. The lowest BCUT2D eigenvalue weighted by Gasteiger charge is -2.19. The van der Waals surface area contributed by atoms with Gasteiger partial charge in [-0.2, -0.15) is 0 Å². The number of unbranched alkanes of at least 4 members (excludes halogenated alkanes) is 6. The quantitative estimate of drug-likeness (QED) is 0.190. The highest BCUT2D eigenvalue weighted by Crippen LogP contribution is 2.26. The second-order valence-corrected chi connectivity index (χ2v) is 6.11. The van der Waals surface area contributed by atoms with Crippen LogP contribution in [-0.4, -0.2) is 23.0 Å². The number of rotatable bonds is 10. The first-order chi connectivity index (χ1) is 10.2. The average molecular weight is 297 g/mol. The van der Waals surface area contributed by atoms with Gasteiger partial charge in [0.15, 0.2) is 0 Å². The van der Waals surface area contributed by atoms with Crippen LogP contribution in [0.1, 0.15) is 77.6 Å². The number of hydrogen-bond acceptors (Lipinski definition) is 3. The van der Waals surface area contributed by atoms with Crippen molar-refractivity contribution in [2.24, 2.45) is 16.8 Å². The van der Waals surface area contributed by atoms with Gasteiger partial charge in [0.1, 0.15) is 5.84 Å². The van der Waals surface area contributed by atoms with Crippen LogP contribution in [0.15, 0.2) is 5.16 Å². The molecule has 1 saturated carbocycles. The third kappa shape index (κ3) is 6.82. The molecule has 1 fully saturated rings. The van der Waals surface area contributed by atoms with Crippen LogP contribution in [0, 0.1) is 5.92 Å². The van der Waals surface area contributed by atoms with Gasteiger partial charge in [-0.15, -0.1) is 0 Å². The number of hydrogen-bond donors (Lipinski definition) is 3. The number of nitrogens with zero attached hydrogens (tertiary/aromatic N) is 1. The Bertz CT molecular complexity index is 331. The van der Waals surface area contributed by atoms with Crippen LogP contribution in [0.2, 0.25) is 0 Å². The van der Waals surface area contributed by atoms with Crippen LogP contribution in [0.3, 0.4) is 0 Å². The van der Waals surface area contributed by atoms with Crippen molar-refractivity contribution < 1.29 is 10.0 Å². The molecular formula is C16H31N3O2. The summed E-state index contributed by atoms with van der Waals surface area (Å²) in [5.74, 6) is 0.341. The smallest absolute Gasteiger partial charge is 0.220 e. The van der Waals surface area contributed by atoms with E-state index in [4.69, 9.17) is 10.9 Å². The summed E-state index contributed by atoms with van der Waals surface area (Å²) in [5, 5.41) is 14.9. The number of carbonyl (C=O) groups is 1. The van der Waals surface area contributed by atoms with Crippen LogP contribution in [0.5, 0.6) is 0 Å². The van der Waals surface area contributed by atoms with E-state index in [1.807, 2.05) is 0 Å². The third-order valence-electron chi connectivity index (χ3n) is 4.37. The van der Waals surface area contributed by atoms with Gasteiger partial charge < -0.3 is 16.3 Å². The zero-order chi connectivity index (χ0) is 15.5. The van der Waals surface area contributed by atoms with E-state index < -0.39 is 0 Å². The van der Waals surface area contributed by atoms with E-state index in [1.54, 1.807) is 0 Å². The lowest BCUT2D eigenvalue weighted by Crippen LogP contribution is -2.42. The summed E-state index contributed by atoms with van der Waals surface area (Å²) in [4.78, 5) is 11.9. The summed E-state index contributed by atoms with van der Waals surface area (Å²) in [6.07, 6.45) is 11.9. The van der Waals surface area contributed by atoms with Crippen LogP contribution < -0.4 is 11.1 Å². The summed E-state index contributed by atoms with van der Waals surface area (Å²) in [6, 6.07) is 0.0398. The molecule has 0 heterocycles. The molecule has 0 saturated heterocycles. The molecule has 0 aromatic carbocycles. The summed E-state index contributed by atoms with van der Waals surface area (Å²) in [5.41, 5.74) is 5.67. The number of amides is 1. The van der Waals surface area contributed by atoms with E-state index in [-0.39, 0.29) is 23.7 Å². The normalized spacial score (nSPS) is 22.4. The van der Waals surface area contributed by atoms with Crippen molar-refractivity contribution in [3.63, 3.8) is 0 Å². The van der Waals surface area contributed by atoms with E-state index >= 15 is 0 Å². The summed E-state index contributed by atoms with van der Waals surface area (Å²) in [6.45, 7) is 2.22. The Hall–Kier alpha value is -1.26. The number of carbonyl (C=O) groups excluding carboxylic acids is 1. The Kier molecular flexibility index (Phi) is 8.87. The minimum atomic E-state index is -0.00649. The third-order valence-corrected chi connectivity index (χ3v) is 4.37. The largest absolute Gasteiger partial charge is 0.409 e. The Morgan fingerprint density at radius 2 is 1.86 bits per heavy atom. The van der Waals surface area contributed by atoms with E-state index in [0.29, 0.717) is 6.42 Å². The van der Waals surface area contributed by atoms with Crippen LogP contribution >= 0.6 is 0 Å². The molecule has 0 bridgehead atoms. The molecule has 2 atom stereocenters. The molecule has 0 radical (unpaired) electrons. The fourth-order valence-corrected chi connectivity index (χ4v) is 3.08. The van der Waals surface area contributed by atoms with Crippen molar-refractivity contribution in [2.45, 2.75) is 83.6 Å². The van der Waals surface area contributed by atoms with Crippen molar-refractivity contribution >= 4 is 11.7 Å². The fourth-order valence-electron chi connectivity index (χ4n) is 3.08. The van der Waals surface area contributed by atoms with Crippen LogP contribution in [-0.2, 0) is 4.79 Å². The Balaban J connectivity index is 2.13. The molecule has 2 unspecified atom stereocenters. The number of amidine groups is 1. The molecule has 5 nitrogen and oxygen atoms in total. The lowest BCUT2D eigenvalue weighted by molar-refractivity contribution is -0.122. The maximum absolute atomic E-state index is 11.9. The molecular weight excluding hydrogens is 266 g/mol. The van der Waals surface area contributed by atoms with Crippen molar-refractivity contribution in [1.29, 1.82) is 0 Å². The minimum absolute atomic E-state index is 0.00649. The van der Waals surface area contributed by atoms with Crippen LogP contribution in [0.25, 0.3) is 0 Å². The summed E-state index contributed by atoms with van der Waals surface area (Å²) < 4.78 is 0.